The molecule has 3 rings (SSSR count). The normalized spacial score (nSPS) is 25.1. The van der Waals surface area contributed by atoms with Gasteiger partial charge in [0.15, 0.2) is 0 Å². The summed E-state index contributed by atoms with van der Waals surface area (Å²) in [6.07, 6.45) is 0. The van der Waals surface area contributed by atoms with Crippen molar-refractivity contribution in [3.05, 3.63) is 30.1 Å². The van der Waals surface area contributed by atoms with Crippen LogP contribution in [-0.2, 0) is 4.79 Å². The Hall–Kier alpha value is -1.42. The van der Waals surface area contributed by atoms with Gasteiger partial charge < -0.3 is 4.90 Å². The summed E-state index contributed by atoms with van der Waals surface area (Å²) in [7, 11) is 0. The number of carbonyl (C=O) groups is 1. The van der Waals surface area contributed by atoms with E-state index in [2.05, 4.69) is 37.5 Å². The van der Waals surface area contributed by atoms with Crippen molar-refractivity contribution in [2.75, 3.05) is 31.1 Å². The molecule has 1 aromatic rings. The number of ketones is 1. The fourth-order valence-corrected chi connectivity index (χ4v) is 4.71. The van der Waals surface area contributed by atoms with Gasteiger partial charge in [-0.25, -0.2) is 4.39 Å². The molecule has 0 spiro atoms. The van der Waals surface area contributed by atoms with Crippen LogP contribution >= 0.6 is 0 Å². The number of halogens is 1. The number of anilines is 1. The molecule has 22 heavy (non-hydrogen) atoms. The molecule has 1 aliphatic heterocycles. The van der Waals surface area contributed by atoms with Gasteiger partial charge in [-0.1, -0.05) is 27.7 Å². The Morgan fingerprint density at radius 2 is 1.45 bits per heavy atom. The van der Waals surface area contributed by atoms with E-state index in [4.69, 9.17) is 0 Å². The van der Waals surface area contributed by atoms with E-state index in [1.807, 2.05) is 12.1 Å². The maximum Gasteiger partial charge on any atom is 0.147 e. The first-order chi connectivity index (χ1) is 10.2. The molecule has 0 aromatic heterocycles. The summed E-state index contributed by atoms with van der Waals surface area (Å²) in [5, 5.41) is 0. The first kappa shape index (κ1) is 15.5. The molecular weight excluding hydrogens is 279 g/mol. The molecule has 0 N–H and O–H groups in total. The number of hydrogen-bond acceptors (Lipinski definition) is 3. The van der Waals surface area contributed by atoms with Crippen molar-refractivity contribution >= 4 is 11.5 Å². The summed E-state index contributed by atoms with van der Waals surface area (Å²) in [6.45, 7) is 12.0. The number of piperazine rings is 1. The zero-order valence-corrected chi connectivity index (χ0v) is 13.9. The van der Waals surface area contributed by atoms with Crippen LogP contribution in [0.4, 0.5) is 10.1 Å². The highest BCUT2D eigenvalue weighted by Gasteiger charge is 2.63. The van der Waals surface area contributed by atoms with E-state index in [9.17, 15) is 9.18 Å². The van der Waals surface area contributed by atoms with E-state index in [0.29, 0.717) is 11.8 Å². The summed E-state index contributed by atoms with van der Waals surface area (Å²) in [6, 6.07) is 7.01. The van der Waals surface area contributed by atoms with Gasteiger partial charge in [0.2, 0.25) is 0 Å². The van der Waals surface area contributed by atoms with Crippen molar-refractivity contribution in [2.45, 2.75) is 33.7 Å². The number of rotatable bonds is 2. The zero-order chi connectivity index (χ0) is 16.1. The maximum absolute atomic E-state index is 13.0. The molecule has 2 aliphatic rings. The molecule has 1 saturated heterocycles. The molecule has 0 amide bonds. The third kappa shape index (κ3) is 2.24. The molecule has 1 aromatic carbocycles. The minimum Gasteiger partial charge on any atom is -0.369 e. The van der Waals surface area contributed by atoms with Gasteiger partial charge in [-0.3, -0.25) is 9.69 Å². The smallest absolute Gasteiger partial charge is 0.147 e. The van der Waals surface area contributed by atoms with E-state index in [1.165, 1.54) is 12.1 Å². The van der Waals surface area contributed by atoms with Crippen molar-refractivity contribution in [1.29, 1.82) is 0 Å². The van der Waals surface area contributed by atoms with Crippen LogP contribution in [0.25, 0.3) is 0 Å². The molecule has 0 bridgehead atoms. The lowest BCUT2D eigenvalue weighted by atomic mass is 9.50. The van der Waals surface area contributed by atoms with Crippen molar-refractivity contribution in [1.82, 2.24) is 4.90 Å². The highest BCUT2D eigenvalue weighted by atomic mass is 19.1. The topological polar surface area (TPSA) is 23.6 Å². The van der Waals surface area contributed by atoms with Crippen LogP contribution in [0.1, 0.15) is 27.7 Å². The largest absolute Gasteiger partial charge is 0.369 e. The van der Waals surface area contributed by atoms with Crippen LogP contribution in [0.3, 0.4) is 0 Å². The third-order valence-electron chi connectivity index (χ3n) is 5.41. The Kier molecular flexibility index (Phi) is 3.55. The van der Waals surface area contributed by atoms with E-state index in [1.54, 1.807) is 0 Å². The van der Waals surface area contributed by atoms with Crippen LogP contribution in [0.15, 0.2) is 24.3 Å². The standard InChI is InChI=1S/C18H25FN2O/c1-17(2)15(18(3,4)16(17)22)21-11-9-20(10-12-21)14-7-5-13(19)6-8-14/h5-8,15H,9-12H2,1-4H3. The Morgan fingerprint density at radius 1 is 0.955 bits per heavy atom. The quantitative estimate of drug-likeness (QED) is 0.839. The monoisotopic (exact) mass is 304 g/mol. The second-order valence-electron chi connectivity index (χ2n) is 7.67. The minimum absolute atomic E-state index is 0.195. The minimum atomic E-state index is -0.248. The lowest BCUT2D eigenvalue weighted by molar-refractivity contribution is -0.170. The SMILES string of the molecule is CC1(C)C(=O)C(C)(C)C1N1CCN(c2ccc(F)cc2)CC1. The van der Waals surface area contributed by atoms with Crippen molar-refractivity contribution < 1.29 is 9.18 Å². The van der Waals surface area contributed by atoms with Crippen LogP contribution in [-0.4, -0.2) is 42.9 Å². The van der Waals surface area contributed by atoms with Gasteiger partial charge in [0, 0.05) is 48.7 Å². The number of hydrogen-bond donors (Lipinski definition) is 0. The van der Waals surface area contributed by atoms with Gasteiger partial charge in [0.1, 0.15) is 11.6 Å². The maximum atomic E-state index is 13.0. The van der Waals surface area contributed by atoms with Crippen molar-refractivity contribution in [3.8, 4) is 0 Å². The van der Waals surface area contributed by atoms with E-state index >= 15 is 0 Å². The summed E-state index contributed by atoms with van der Waals surface area (Å²) < 4.78 is 13.0. The number of benzene rings is 1. The van der Waals surface area contributed by atoms with E-state index < -0.39 is 0 Å². The molecular formula is C18H25FN2O. The molecule has 2 fully saturated rings. The van der Waals surface area contributed by atoms with Gasteiger partial charge in [-0.2, -0.15) is 0 Å². The van der Waals surface area contributed by atoms with Crippen molar-refractivity contribution in [2.24, 2.45) is 10.8 Å². The van der Waals surface area contributed by atoms with Gasteiger partial charge in [0.05, 0.1) is 0 Å². The summed E-state index contributed by atoms with van der Waals surface area (Å²) in [5.74, 6) is 0.171. The summed E-state index contributed by atoms with van der Waals surface area (Å²) >= 11 is 0. The van der Waals surface area contributed by atoms with Gasteiger partial charge >= 0.3 is 0 Å². The summed E-state index contributed by atoms with van der Waals surface area (Å²) in [4.78, 5) is 17.1. The summed E-state index contributed by atoms with van der Waals surface area (Å²) in [5.41, 5.74) is 0.576. The molecule has 4 heteroatoms. The third-order valence-corrected chi connectivity index (χ3v) is 5.41. The Balaban J connectivity index is 1.67. The first-order valence-electron chi connectivity index (χ1n) is 8.04. The molecule has 0 unspecified atom stereocenters. The van der Waals surface area contributed by atoms with E-state index in [0.717, 1.165) is 31.9 Å². The average Bonchev–Trinajstić information content (AvgIpc) is 2.48. The molecule has 1 saturated carbocycles. The molecule has 1 aliphatic carbocycles. The molecule has 1 heterocycles. The second-order valence-corrected chi connectivity index (χ2v) is 7.67. The zero-order valence-electron chi connectivity index (χ0n) is 13.9. The lowest BCUT2D eigenvalue weighted by Crippen LogP contribution is -2.72. The average molecular weight is 304 g/mol. The Bertz CT molecular complexity index is 553. The highest BCUT2D eigenvalue weighted by Crippen LogP contribution is 2.53. The Labute approximate surface area is 132 Å². The van der Waals surface area contributed by atoms with Crippen LogP contribution in [0.2, 0.25) is 0 Å². The van der Waals surface area contributed by atoms with Gasteiger partial charge in [-0.15, -0.1) is 0 Å². The lowest BCUT2D eigenvalue weighted by Gasteiger charge is -2.60. The predicted octanol–water partition coefficient (Wildman–Crippen LogP) is 2.95. The van der Waals surface area contributed by atoms with Crippen LogP contribution < -0.4 is 4.90 Å². The van der Waals surface area contributed by atoms with Crippen molar-refractivity contribution in [3.63, 3.8) is 0 Å². The van der Waals surface area contributed by atoms with E-state index in [-0.39, 0.29) is 16.6 Å². The van der Waals surface area contributed by atoms with Crippen LogP contribution in [0.5, 0.6) is 0 Å². The van der Waals surface area contributed by atoms with Gasteiger partial charge in [0.25, 0.3) is 0 Å². The van der Waals surface area contributed by atoms with Gasteiger partial charge in [-0.05, 0) is 24.3 Å². The number of Topliss-reactive ketones (excluding diaryl/α,β-unsaturated/α-hetero) is 1. The molecule has 0 atom stereocenters. The second kappa shape index (κ2) is 5.05. The van der Waals surface area contributed by atoms with Crippen LogP contribution in [0, 0.1) is 16.6 Å². The fourth-order valence-electron chi connectivity index (χ4n) is 4.71. The highest BCUT2D eigenvalue weighted by molar-refractivity contribution is 5.97. The fraction of sp³-hybridized carbons (Fsp3) is 0.611. The molecule has 3 nitrogen and oxygen atoms in total. The Morgan fingerprint density at radius 3 is 1.95 bits per heavy atom. The molecule has 0 radical (unpaired) electrons. The first-order valence-corrected chi connectivity index (χ1v) is 8.04. The number of carbonyl (C=O) groups excluding carboxylic acids is 1. The number of nitrogens with zero attached hydrogens (tertiary/aromatic N) is 2. The molecule has 120 valence electrons. The predicted molar refractivity (Wildman–Crippen MR) is 86.5 cm³/mol.